The van der Waals surface area contributed by atoms with Gasteiger partial charge in [-0.2, -0.15) is 0 Å². The van der Waals surface area contributed by atoms with Crippen LogP contribution in [0.3, 0.4) is 0 Å². The summed E-state index contributed by atoms with van der Waals surface area (Å²) in [5.74, 6) is -1.37. The molecule has 0 aliphatic carbocycles. The third-order valence-corrected chi connectivity index (χ3v) is 7.09. The maximum atomic E-state index is 14.0. The Balaban J connectivity index is 0.00000235. The van der Waals surface area contributed by atoms with Gasteiger partial charge in [0.2, 0.25) is 17.7 Å². The van der Waals surface area contributed by atoms with Crippen LogP contribution >= 0.6 is 11.3 Å². The summed E-state index contributed by atoms with van der Waals surface area (Å²) in [6.07, 6.45) is -0.852. The normalized spacial score (nSPS) is 18.9. The fourth-order valence-corrected chi connectivity index (χ4v) is 5.06. The van der Waals surface area contributed by atoms with E-state index in [-0.39, 0.29) is 18.9 Å². The molecule has 1 aliphatic rings. The molecule has 1 aliphatic heterocycles. The van der Waals surface area contributed by atoms with Gasteiger partial charge < -0.3 is 20.6 Å². The highest BCUT2D eigenvalue weighted by atomic mass is 32.1. The Morgan fingerprint density at radius 1 is 1.19 bits per heavy atom. The number of β-amino-alcohol motifs (C(OH)–C–C–N with tert-alkyl or cyclic N) is 1. The maximum absolute atomic E-state index is 14.0. The summed E-state index contributed by atoms with van der Waals surface area (Å²) in [7, 11) is 0. The van der Waals surface area contributed by atoms with E-state index in [4.69, 9.17) is 0 Å². The van der Waals surface area contributed by atoms with Gasteiger partial charge in [-0.05, 0) is 23.5 Å². The molecule has 2 heterocycles. The van der Waals surface area contributed by atoms with Crippen LogP contribution in [0, 0.1) is 12.3 Å². The molecule has 0 bridgehead atoms. The summed E-state index contributed by atoms with van der Waals surface area (Å²) >= 11 is 1.52. The number of carbonyl (C=O) groups is 3. The van der Waals surface area contributed by atoms with E-state index in [1.54, 1.807) is 17.6 Å². The van der Waals surface area contributed by atoms with E-state index in [2.05, 4.69) is 15.6 Å². The Kier molecular flexibility index (Phi) is 10.8. The average molecular weight is 535 g/mol. The Morgan fingerprint density at radius 2 is 1.81 bits per heavy atom. The first kappa shape index (κ1) is 30.4. The van der Waals surface area contributed by atoms with E-state index in [1.807, 2.05) is 53.7 Å². The molecular formula is C27H39FN4O4S. The van der Waals surface area contributed by atoms with Crippen molar-refractivity contribution in [1.29, 1.82) is 0 Å². The number of nitrogens with zero attached hydrogens (tertiary/aromatic N) is 2. The minimum Gasteiger partial charge on any atom is -0.391 e. The Hall–Kier alpha value is -2.85. The number of benzene rings is 1. The number of likely N-dealkylation sites (tertiary alicyclic amines) is 1. The van der Waals surface area contributed by atoms with Gasteiger partial charge in [0.25, 0.3) is 0 Å². The van der Waals surface area contributed by atoms with E-state index in [1.165, 1.54) is 23.2 Å². The fraction of sp³-hybridized carbons (Fsp3) is 0.556. The van der Waals surface area contributed by atoms with Crippen molar-refractivity contribution < 1.29 is 23.9 Å². The van der Waals surface area contributed by atoms with Gasteiger partial charge in [-0.1, -0.05) is 58.9 Å². The predicted molar refractivity (Wildman–Crippen MR) is 144 cm³/mol. The van der Waals surface area contributed by atoms with Crippen LogP contribution in [0.25, 0.3) is 10.4 Å². The standard InChI is InChI=1S/C25H33FN4O4S.C2H6/c1-14-21(35-13-27-14)17-8-6-16(7-9-17)19(11-26)29-23(33)20-10-18(32)12-30(20)24(34)22(25(3,4)5)28-15(2)31;1-2/h6-9,13,18-20,22,32H,10-12H2,1-5H3,(H,28,31)(H,29,33);1-2H3. The minimum absolute atomic E-state index is 0.0354. The zero-order chi connectivity index (χ0) is 27.9. The molecule has 4 unspecified atom stereocenters. The lowest BCUT2D eigenvalue weighted by Crippen LogP contribution is -2.57. The molecule has 2 aromatic rings. The number of aromatic nitrogens is 1. The van der Waals surface area contributed by atoms with Crippen molar-refractivity contribution in [3.05, 3.63) is 41.0 Å². The lowest BCUT2D eigenvalue weighted by atomic mass is 9.85. The third kappa shape index (κ3) is 7.58. The average Bonchev–Trinajstić information content (AvgIpc) is 3.46. The predicted octanol–water partition coefficient (Wildman–Crippen LogP) is 3.78. The lowest BCUT2D eigenvalue weighted by Gasteiger charge is -2.35. The topological polar surface area (TPSA) is 112 Å². The molecule has 1 fully saturated rings. The van der Waals surface area contributed by atoms with Crippen molar-refractivity contribution in [1.82, 2.24) is 20.5 Å². The number of aliphatic hydroxyl groups is 1. The maximum Gasteiger partial charge on any atom is 0.246 e. The molecule has 10 heteroatoms. The van der Waals surface area contributed by atoms with Crippen molar-refractivity contribution in [2.75, 3.05) is 13.2 Å². The van der Waals surface area contributed by atoms with Crippen molar-refractivity contribution in [3.8, 4) is 10.4 Å². The zero-order valence-electron chi connectivity index (χ0n) is 22.7. The molecule has 204 valence electrons. The molecule has 3 amide bonds. The van der Waals surface area contributed by atoms with Crippen molar-refractivity contribution in [2.45, 2.75) is 79.1 Å². The third-order valence-electron chi connectivity index (χ3n) is 6.12. The molecule has 4 atom stereocenters. The number of alkyl halides is 1. The highest BCUT2D eigenvalue weighted by Gasteiger charge is 2.44. The molecule has 1 aromatic carbocycles. The zero-order valence-corrected chi connectivity index (χ0v) is 23.5. The van der Waals surface area contributed by atoms with Gasteiger partial charge in [0.05, 0.1) is 28.2 Å². The number of thiazole rings is 1. The number of rotatable bonds is 7. The summed E-state index contributed by atoms with van der Waals surface area (Å²) in [6, 6.07) is 4.50. The van der Waals surface area contributed by atoms with Crippen LogP contribution in [0.1, 0.15) is 65.3 Å². The van der Waals surface area contributed by atoms with Crippen LogP contribution in [0.15, 0.2) is 29.8 Å². The highest BCUT2D eigenvalue weighted by Crippen LogP contribution is 2.29. The number of amides is 3. The molecule has 0 radical (unpaired) electrons. The largest absolute Gasteiger partial charge is 0.391 e. The van der Waals surface area contributed by atoms with Crippen molar-refractivity contribution >= 4 is 29.1 Å². The van der Waals surface area contributed by atoms with Gasteiger partial charge in [-0.15, -0.1) is 11.3 Å². The Labute approximate surface area is 222 Å². The minimum atomic E-state index is -0.968. The van der Waals surface area contributed by atoms with Crippen LogP contribution in [0.2, 0.25) is 0 Å². The molecule has 0 saturated carbocycles. The Morgan fingerprint density at radius 3 is 2.30 bits per heavy atom. The van der Waals surface area contributed by atoms with Crippen LogP contribution in [0.5, 0.6) is 0 Å². The van der Waals surface area contributed by atoms with E-state index in [0.717, 1.165) is 16.1 Å². The summed E-state index contributed by atoms with van der Waals surface area (Å²) in [6.45, 7) is 11.8. The molecule has 8 nitrogen and oxygen atoms in total. The monoisotopic (exact) mass is 534 g/mol. The lowest BCUT2D eigenvalue weighted by molar-refractivity contribution is -0.144. The summed E-state index contributed by atoms with van der Waals surface area (Å²) in [5.41, 5.74) is 3.61. The van der Waals surface area contributed by atoms with Gasteiger partial charge in [-0.25, -0.2) is 9.37 Å². The van der Waals surface area contributed by atoms with Crippen molar-refractivity contribution in [2.24, 2.45) is 5.41 Å². The van der Waals surface area contributed by atoms with Gasteiger partial charge in [0.1, 0.15) is 18.8 Å². The number of hydrogen-bond acceptors (Lipinski definition) is 6. The van der Waals surface area contributed by atoms with E-state index in [9.17, 15) is 23.9 Å². The SMILES string of the molecule is CC.CC(=O)NC(C(=O)N1CC(O)CC1C(=O)NC(CF)c1ccc(-c2scnc2C)cc1)C(C)(C)C. The number of nitrogens with one attached hydrogen (secondary N) is 2. The number of aliphatic hydroxyl groups excluding tert-OH is 1. The molecular weight excluding hydrogens is 495 g/mol. The second-order valence-electron chi connectivity index (χ2n) is 10.00. The number of aryl methyl sites for hydroxylation is 1. The van der Waals surface area contributed by atoms with Gasteiger partial charge >= 0.3 is 0 Å². The van der Waals surface area contributed by atoms with E-state index >= 15 is 0 Å². The summed E-state index contributed by atoms with van der Waals surface area (Å²) < 4.78 is 14.0. The van der Waals surface area contributed by atoms with E-state index < -0.39 is 48.1 Å². The van der Waals surface area contributed by atoms with Gasteiger partial charge in [0.15, 0.2) is 0 Å². The van der Waals surface area contributed by atoms with Crippen LogP contribution in [-0.4, -0.2) is 64.1 Å². The number of hydrogen-bond donors (Lipinski definition) is 3. The molecule has 1 saturated heterocycles. The molecule has 3 rings (SSSR count). The molecule has 0 spiro atoms. The van der Waals surface area contributed by atoms with Crippen LogP contribution in [0.4, 0.5) is 4.39 Å². The summed E-state index contributed by atoms with van der Waals surface area (Å²) in [4.78, 5) is 44.8. The summed E-state index contributed by atoms with van der Waals surface area (Å²) in [5, 5.41) is 15.6. The number of carbonyl (C=O) groups excluding carboxylic acids is 3. The molecule has 3 N–H and O–H groups in total. The fourth-order valence-electron chi connectivity index (χ4n) is 4.25. The van der Waals surface area contributed by atoms with Gasteiger partial charge in [-0.3, -0.25) is 14.4 Å². The number of halogens is 1. The van der Waals surface area contributed by atoms with Gasteiger partial charge in [0, 0.05) is 19.9 Å². The first-order valence-corrected chi connectivity index (χ1v) is 13.4. The second kappa shape index (κ2) is 13.1. The molecule has 1 aromatic heterocycles. The molecule has 37 heavy (non-hydrogen) atoms. The van der Waals surface area contributed by atoms with Crippen molar-refractivity contribution in [3.63, 3.8) is 0 Å². The van der Waals surface area contributed by atoms with Crippen LogP contribution < -0.4 is 10.6 Å². The smallest absolute Gasteiger partial charge is 0.246 e. The van der Waals surface area contributed by atoms with E-state index in [0.29, 0.717) is 5.56 Å². The highest BCUT2D eigenvalue weighted by molar-refractivity contribution is 7.13. The quantitative estimate of drug-likeness (QED) is 0.501. The first-order valence-electron chi connectivity index (χ1n) is 12.5. The first-order chi connectivity index (χ1) is 17.4. The second-order valence-corrected chi connectivity index (χ2v) is 10.9. The Bertz CT molecular complexity index is 1070. The van der Waals surface area contributed by atoms with Crippen LogP contribution in [-0.2, 0) is 14.4 Å².